The fourth-order valence-electron chi connectivity index (χ4n) is 3.63. The molecule has 0 saturated carbocycles. The first-order valence-electron chi connectivity index (χ1n) is 9.70. The van der Waals surface area contributed by atoms with Crippen LogP contribution in [0.25, 0.3) is 0 Å². The normalized spacial score (nSPS) is 14.8. The highest BCUT2D eigenvalue weighted by Crippen LogP contribution is 2.35. The van der Waals surface area contributed by atoms with Crippen molar-refractivity contribution < 1.29 is 27.5 Å². The summed E-state index contributed by atoms with van der Waals surface area (Å²) in [5.74, 6) is -1.84. The lowest BCUT2D eigenvalue weighted by molar-refractivity contribution is -0.117. The second-order valence-electron chi connectivity index (χ2n) is 7.25. The summed E-state index contributed by atoms with van der Waals surface area (Å²) in [4.78, 5) is 39.4. The van der Waals surface area contributed by atoms with Crippen LogP contribution in [0.1, 0.15) is 43.3 Å². The molecule has 0 saturated heterocycles. The molecule has 1 aliphatic rings. The Bertz CT molecular complexity index is 1330. The number of anilines is 1. The van der Waals surface area contributed by atoms with E-state index in [2.05, 4.69) is 0 Å². The van der Waals surface area contributed by atoms with Gasteiger partial charge in [-0.25, -0.2) is 18.1 Å². The van der Waals surface area contributed by atoms with Crippen molar-refractivity contribution in [2.45, 2.75) is 23.5 Å². The predicted octanol–water partition coefficient (Wildman–Crippen LogP) is 3.80. The number of nitrogens with zero attached hydrogens (tertiary/aromatic N) is 1. The van der Waals surface area contributed by atoms with Crippen LogP contribution in [0.5, 0.6) is 0 Å². The number of thiophene rings is 1. The smallest absolute Gasteiger partial charge is 0.339 e. The van der Waals surface area contributed by atoms with Crippen molar-refractivity contribution in [3.8, 4) is 0 Å². The minimum absolute atomic E-state index is 0.00346. The number of sulfone groups is 1. The van der Waals surface area contributed by atoms with Crippen LogP contribution in [0, 0.1) is 0 Å². The molecule has 9 heteroatoms. The van der Waals surface area contributed by atoms with E-state index in [0.29, 0.717) is 10.4 Å². The Hall–Kier alpha value is -3.30. The third-order valence-corrected chi connectivity index (χ3v) is 8.49. The number of methoxy groups -OCH3 is 1. The maximum absolute atomic E-state index is 13.2. The molecule has 164 valence electrons. The number of hydrogen-bond acceptors (Lipinski definition) is 7. The van der Waals surface area contributed by atoms with E-state index in [9.17, 15) is 22.8 Å². The number of carbonyl (C=O) groups is 3. The zero-order chi connectivity index (χ0) is 23.0. The van der Waals surface area contributed by atoms with Gasteiger partial charge in [0.1, 0.15) is 0 Å². The van der Waals surface area contributed by atoms with Gasteiger partial charge in [0, 0.05) is 10.3 Å². The summed E-state index contributed by atoms with van der Waals surface area (Å²) in [5.41, 5.74) is 0.978. The number of rotatable bonds is 5. The van der Waals surface area contributed by atoms with Gasteiger partial charge in [0.15, 0.2) is 9.84 Å². The van der Waals surface area contributed by atoms with Crippen LogP contribution >= 0.6 is 11.3 Å². The van der Waals surface area contributed by atoms with E-state index in [4.69, 9.17) is 4.74 Å². The van der Waals surface area contributed by atoms with Crippen LogP contribution in [0.4, 0.5) is 5.69 Å². The third-order valence-electron chi connectivity index (χ3n) is 5.39. The van der Waals surface area contributed by atoms with Gasteiger partial charge in [-0.1, -0.05) is 36.4 Å². The minimum Gasteiger partial charge on any atom is -0.465 e. The number of carbonyl (C=O) groups excluding carboxylic acids is 3. The molecule has 7 nitrogen and oxygen atoms in total. The molecule has 1 aliphatic heterocycles. The summed E-state index contributed by atoms with van der Waals surface area (Å²) in [6, 6.07) is 14.5. The van der Waals surface area contributed by atoms with Crippen molar-refractivity contribution >= 4 is 44.6 Å². The topological polar surface area (TPSA) is 97.8 Å². The van der Waals surface area contributed by atoms with Gasteiger partial charge >= 0.3 is 5.97 Å². The van der Waals surface area contributed by atoms with Crippen LogP contribution in [0.2, 0.25) is 0 Å². The molecule has 1 atom stereocenters. The van der Waals surface area contributed by atoms with E-state index in [1.807, 2.05) is 0 Å². The summed E-state index contributed by atoms with van der Waals surface area (Å²) < 4.78 is 31.2. The highest BCUT2D eigenvalue weighted by atomic mass is 32.2. The molecule has 3 aromatic rings. The molecular weight excluding hydrogens is 450 g/mol. The average Bonchev–Trinajstić information content (AvgIpc) is 3.23. The first-order valence-corrected chi connectivity index (χ1v) is 12.1. The van der Waals surface area contributed by atoms with Crippen molar-refractivity contribution in [2.75, 3.05) is 12.0 Å². The van der Waals surface area contributed by atoms with E-state index in [1.54, 1.807) is 37.3 Å². The monoisotopic (exact) mass is 469 g/mol. The Morgan fingerprint density at radius 1 is 1.09 bits per heavy atom. The van der Waals surface area contributed by atoms with Gasteiger partial charge in [-0.3, -0.25) is 9.59 Å². The minimum atomic E-state index is -3.78. The van der Waals surface area contributed by atoms with Crippen molar-refractivity contribution in [3.05, 3.63) is 81.5 Å². The molecule has 0 bridgehead atoms. The van der Waals surface area contributed by atoms with Gasteiger partial charge in [-0.2, -0.15) is 0 Å². The Kier molecular flexibility index (Phi) is 5.70. The van der Waals surface area contributed by atoms with Gasteiger partial charge < -0.3 is 4.74 Å². The lowest BCUT2D eigenvalue weighted by Gasteiger charge is -2.26. The Labute approximate surface area is 189 Å². The molecule has 1 aromatic heterocycles. The van der Waals surface area contributed by atoms with E-state index in [-0.39, 0.29) is 28.1 Å². The van der Waals surface area contributed by atoms with Gasteiger partial charge in [0.25, 0.3) is 5.91 Å². The summed E-state index contributed by atoms with van der Waals surface area (Å²) in [5, 5.41) is 0.675. The number of benzene rings is 2. The number of ether oxygens (including phenoxy) is 1. The molecule has 0 radical (unpaired) electrons. The third kappa shape index (κ3) is 3.63. The zero-order valence-electron chi connectivity index (χ0n) is 17.3. The number of fused-ring (bicyclic) bond motifs is 1. The molecule has 0 aliphatic carbocycles. The summed E-state index contributed by atoms with van der Waals surface area (Å²) in [7, 11) is -2.57. The van der Waals surface area contributed by atoms with Crippen molar-refractivity contribution in [1.29, 1.82) is 0 Å². The molecule has 0 N–H and O–H groups in total. The number of hydrogen-bond donors (Lipinski definition) is 0. The molecule has 2 aromatic carbocycles. The SMILES string of the molecule is COC(=O)c1csc2c1C(=O)N(c1cccc(S(=O)(=O)C(C)c3ccccc3)c1)C(=O)C2. The van der Waals surface area contributed by atoms with Gasteiger partial charge in [-0.15, -0.1) is 11.3 Å². The molecule has 1 unspecified atom stereocenters. The predicted molar refractivity (Wildman–Crippen MR) is 120 cm³/mol. The van der Waals surface area contributed by atoms with Crippen molar-refractivity contribution in [2.24, 2.45) is 0 Å². The largest absolute Gasteiger partial charge is 0.465 e. The molecular formula is C23H19NO6S2. The molecule has 0 spiro atoms. The number of imide groups is 1. The van der Waals surface area contributed by atoms with E-state index < -0.39 is 32.9 Å². The summed E-state index contributed by atoms with van der Waals surface area (Å²) in [6.07, 6.45) is -0.0693. The fourth-order valence-corrected chi connectivity index (χ4v) is 6.11. The van der Waals surface area contributed by atoms with E-state index in [0.717, 1.165) is 16.2 Å². The highest BCUT2D eigenvalue weighted by Gasteiger charge is 2.37. The van der Waals surface area contributed by atoms with Gasteiger partial charge in [-0.05, 0) is 30.7 Å². The Balaban J connectivity index is 1.74. The first-order chi connectivity index (χ1) is 15.3. The fraction of sp³-hybridized carbons (Fsp3) is 0.174. The second kappa shape index (κ2) is 8.33. The maximum Gasteiger partial charge on any atom is 0.339 e. The zero-order valence-corrected chi connectivity index (χ0v) is 18.9. The van der Waals surface area contributed by atoms with Crippen LogP contribution in [0.3, 0.4) is 0 Å². The lowest BCUT2D eigenvalue weighted by Crippen LogP contribution is -2.42. The maximum atomic E-state index is 13.2. The number of esters is 1. The Morgan fingerprint density at radius 2 is 1.81 bits per heavy atom. The Morgan fingerprint density at radius 3 is 2.50 bits per heavy atom. The molecule has 2 amide bonds. The highest BCUT2D eigenvalue weighted by molar-refractivity contribution is 7.91. The van der Waals surface area contributed by atoms with Crippen molar-refractivity contribution in [1.82, 2.24) is 0 Å². The van der Waals surface area contributed by atoms with E-state index >= 15 is 0 Å². The molecule has 4 rings (SSSR count). The number of amides is 2. The van der Waals surface area contributed by atoms with Crippen LogP contribution < -0.4 is 4.90 Å². The molecule has 32 heavy (non-hydrogen) atoms. The van der Waals surface area contributed by atoms with Crippen LogP contribution in [-0.4, -0.2) is 33.3 Å². The standard InChI is InChI=1S/C23H19NO6S2/c1-14(15-7-4-3-5-8-15)32(28,29)17-10-6-9-16(11-17)24-20(25)12-19-21(22(24)26)18(13-31-19)23(27)30-2/h3-11,13-14H,12H2,1-2H3. The van der Waals surface area contributed by atoms with Crippen LogP contribution in [-0.2, 0) is 25.8 Å². The first kappa shape index (κ1) is 21.9. The summed E-state index contributed by atoms with van der Waals surface area (Å²) in [6.45, 7) is 1.59. The van der Waals surface area contributed by atoms with Crippen LogP contribution in [0.15, 0.2) is 64.9 Å². The lowest BCUT2D eigenvalue weighted by atomic mass is 10.0. The van der Waals surface area contributed by atoms with E-state index in [1.165, 1.54) is 36.8 Å². The van der Waals surface area contributed by atoms with Crippen molar-refractivity contribution in [3.63, 3.8) is 0 Å². The quantitative estimate of drug-likeness (QED) is 0.416. The second-order valence-corrected chi connectivity index (χ2v) is 10.5. The molecule has 2 heterocycles. The average molecular weight is 470 g/mol. The van der Waals surface area contributed by atoms with Gasteiger partial charge in [0.2, 0.25) is 5.91 Å². The molecule has 0 fully saturated rings. The summed E-state index contributed by atoms with van der Waals surface area (Å²) >= 11 is 1.14. The van der Waals surface area contributed by atoms with Gasteiger partial charge in [0.05, 0.1) is 40.5 Å².